The Morgan fingerprint density at radius 3 is 3.07 bits per heavy atom. The molecule has 0 aliphatic heterocycles. The molecule has 0 aliphatic rings. The second-order valence-corrected chi connectivity index (χ2v) is 4.72. The van der Waals surface area contributed by atoms with Gasteiger partial charge in [-0.3, -0.25) is 0 Å². The zero-order valence-electron chi connectivity index (χ0n) is 8.07. The van der Waals surface area contributed by atoms with E-state index < -0.39 is 0 Å². The first kappa shape index (κ1) is 10.5. The van der Waals surface area contributed by atoms with Crippen molar-refractivity contribution in [3.05, 3.63) is 23.0 Å². The maximum atomic E-state index is 9.01. The lowest BCUT2D eigenvalue weighted by molar-refractivity contribution is 0.945. The van der Waals surface area contributed by atoms with Crippen LogP contribution in [0.1, 0.15) is 17.2 Å². The molecule has 0 bridgehead atoms. The van der Waals surface area contributed by atoms with Crippen molar-refractivity contribution in [2.24, 2.45) is 0 Å². The lowest BCUT2D eigenvalue weighted by Crippen LogP contribution is -2.00. The zero-order chi connectivity index (χ0) is 10.8. The van der Waals surface area contributed by atoms with E-state index in [1.165, 1.54) is 6.33 Å². The van der Waals surface area contributed by atoms with E-state index in [0.717, 1.165) is 21.5 Å². The number of thiophene rings is 1. The first-order chi connectivity index (χ1) is 7.27. The number of aryl methyl sites for hydroxylation is 1. The van der Waals surface area contributed by atoms with Gasteiger partial charge in [0, 0.05) is 5.33 Å². The third-order valence-corrected chi connectivity index (χ3v) is 3.96. The average Bonchev–Trinajstić information content (AvgIpc) is 2.64. The molecule has 0 spiro atoms. The van der Waals surface area contributed by atoms with Gasteiger partial charge in [-0.2, -0.15) is 5.26 Å². The fourth-order valence-electron chi connectivity index (χ4n) is 1.40. The lowest BCUT2D eigenvalue weighted by Gasteiger charge is -2.04. The van der Waals surface area contributed by atoms with Gasteiger partial charge in [0.25, 0.3) is 0 Å². The van der Waals surface area contributed by atoms with Crippen molar-refractivity contribution < 1.29 is 0 Å². The molecule has 0 saturated heterocycles. The molecule has 0 N–H and O–H groups in total. The van der Waals surface area contributed by atoms with E-state index in [1.807, 2.05) is 12.3 Å². The maximum Gasteiger partial charge on any atom is 0.116 e. The van der Waals surface area contributed by atoms with Gasteiger partial charge in [-0.15, -0.1) is 11.3 Å². The quantitative estimate of drug-likeness (QED) is 0.795. The summed E-state index contributed by atoms with van der Waals surface area (Å²) in [6.07, 6.45) is 1.53. The number of fused-ring (bicyclic) bond motifs is 1. The first-order valence-electron chi connectivity index (χ1n) is 4.42. The van der Waals surface area contributed by atoms with Crippen molar-refractivity contribution in [2.45, 2.75) is 12.8 Å². The van der Waals surface area contributed by atoms with E-state index in [4.69, 9.17) is 5.26 Å². The van der Waals surface area contributed by atoms with Crippen LogP contribution in [0.4, 0.5) is 0 Å². The standard InChI is InChI=1S/C10H8BrN3S/c1-6-4-15-10-8(6)13-5-14-9(10)7(2-11)3-12/h4-5,7H,2H2,1H3. The largest absolute Gasteiger partial charge is 0.238 e. The van der Waals surface area contributed by atoms with Crippen LogP contribution in [0.15, 0.2) is 11.7 Å². The van der Waals surface area contributed by atoms with Gasteiger partial charge in [0.2, 0.25) is 0 Å². The number of rotatable bonds is 2. The fraction of sp³-hybridized carbons (Fsp3) is 0.300. The highest BCUT2D eigenvalue weighted by molar-refractivity contribution is 9.09. The van der Waals surface area contributed by atoms with Crippen LogP contribution in [0.5, 0.6) is 0 Å². The molecule has 15 heavy (non-hydrogen) atoms. The molecule has 0 radical (unpaired) electrons. The summed E-state index contributed by atoms with van der Waals surface area (Å²) in [5.74, 6) is -0.200. The molecule has 0 aromatic carbocycles. The third kappa shape index (κ3) is 1.75. The highest BCUT2D eigenvalue weighted by Crippen LogP contribution is 2.30. The number of hydrogen-bond donors (Lipinski definition) is 0. The Morgan fingerprint density at radius 1 is 1.60 bits per heavy atom. The lowest BCUT2D eigenvalue weighted by atomic mass is 10.1. The van der Waals surface area contributed by atoms with Crippen LogP contribution in [-0.4, -0.2) is 15.3 Å². The first-order valence-corrected chi connectivity index (χ1v) is 6.42. The number of halogens is 1. The topological polar surface area (TPSA) is 49.6 Å². The van der Waals surface area contributed by atoms with Crippen LogP contribution < -0.4 is 0 Å². The minimum absolute atomic E-state index is 0.200. The van der Waals surface area contributed by atoms with Crippen LogP contribution in [0, 0.1) is 18.3 Å². The number of alkyl halides is 1. The molecule has 0 fully saturated rings. The molecule has 2 rings (SSSR count). The number of nitriles is 1. The molecule has 1 atom stereocenters. The summed E-state index contributed by atoms with van der Waals surface area (Å²) in [6.45, 7) is 2.02. The van der Waals surface area contributed by atoms with Crippen LogP contribution in [0.2, 0.25) is 0 Å². The Balaban J connectivity index is 2.66. The molecule has 5 heteroatoms. The van der Waals surface area contributed by atoms with Gasteiger partial charge in [-0.05, 0) is 17.9 Å². The van der Waals surface area contributed by atoms with E-state index in [9.17, 15) is 0 Å². The smallest absolute Gasteiger partial charge is 0.116 e. The Morgan fingerprint density at radius 2 is 2.40 bits per heavy atom. The van der Waals surface area contributed by atoms with E-state index in [1.54, 1.807) is 11.3 Å². The van der Waals surface area contributed by atoms with Crippen molar-refractivity contribution >= 4 is 37.5 Å². The number of nitrogens with zero attached hydrogens (tertiary/aromatic N) is 3. The summed E-state index contributed by atoms with van der Waals surface area (Å²) in [5.41, 5.74) is 2.94. The third-order valence-electron chi connectivity index (χ3n) is 2.20. The summed E-state index contributed by atoms with van der Waals surface area (Å²) < 4.78 is 1.03. The summed E-state index contributed by atoms with van der Waals surface area (Å²) >= 11 is 4.93. The molecule has 0 saturated carbocycles. The van der Waals surface area contributed by atoms with Gasteiger partial charge in [-0.25, -0.2) is 9.97 Å². The van der Waals surface area contributed by atoms with Gasteiger partial charge in [0.15, 0.2) is 0 Å². The predicted octanol–water partition coefficient (Wildman–Crippen LogP) is 3.00. The normalized spacial score (nSPS) is 12.6. The van der Waals surface area contributed by atoms with Crippen molar-refractivity contribution in [3.63, 3.8) is 0 Å². The molecule has 3 nitrogen and oxygen atoms in total. The zero-order valence-corrected chi connectivity index (χ0v) is 10.5. The Bertz CT molecular complexity index is 529. The van der Waals surface area contributed by atoms with Crippen molar-refractivity contribution in [1.29, 1.82) is 5.26 Å². The Hall–Kier alpha value is -0.990. The van der Waals surface area contributed by atoms with Crippen molar-refractivity contribution in [2.75, 3.05) is 5.33 Å². The van der Waals surface area contributed by atoms with Gasteiger partial charge < -0.3 is 0 Å². The van der Waals surface area contributed by atoms with E-state index >= 15 is 0 Å². The van der Waals surface area contributed by atoms with Gasteiger partial charge in [0.1, 0.15) is 6.33 Å². The summed E-state index contributed by atoms with van der Waals surface area (Å²) in [4.78, 5) is 8.44. The van der Waals surface area contributed by atoms with Crippen LogP contribution in [0.3, 0.4) is 0 Å². The molecule has 76 valence electrons. The van der Waals surface area contributed by atoms with Crippen molar-refractivity contribution in [1.82, 2.24) is 9.97 Å². The van der Waals surface area contributed by atoms with Crippen LogP contribution in [-0.2, 0) is 0 Å². The van der Waals surface area contributed by atoms with Crippen LogP contribution >= 0.6 is 27.3 Å². The Labute approximate surface area is 99.9 Å². The maximum absolute atomic E-state index is 9.01. The molecule has 0 amide bonds. The summed E-state index contributed by atoms with van der Waals surface area (Å²) in [7, 11) is 0. The average molecular weight is 282 g/mol. The Kier molecular flexibility index (Phi) is 2.98. The van der Waals surface area contributed by atoms with E-state index in [-0.39, 0.29) is 5.92 Å². The number of aromatic nitrogens is 2. The molecular formula is C10H8BrN3S. The minimum Gasteiger partial charge on any atom is -0.238 e. The summed E-state index contributed by atoms with van der Waals surface area (Å²) in [6, 6.07) is 2.24. The molecule has 0 aliphatic carbocycles. The predicted molar refractivity (Wildman–Crippen MR) is 64.3 cm³/mol. The molecular weight excluding hydrogens is 274 g/mol. The number of hydrogen-bond acceptors (Lipinski definition) is 4. The van der Waals surface area contributed by atoms with Crippen LogP contribution in [0.25, 0.3) is 10.2 Å². The molecule has 2 aromatic heterocycles. The molecule has 2 aromatic rings. The van der Waals surface area contributed by atoms with Gasteiger partial charge in [-0.1, -0.05) is 15.9 Å². The van der Waals surface area contributed by atoms with Crippen molar-refractivity contribution in [3.8, 4) is 6.07 Å². The fourth-order valence-corrected chi connectivity index (χ4v) is 2.90. The monoisotopic (exact) mass is 281 g/mol. The highest BCUT2D eigenvalue weighted by Gasteiger charge is 2.16. The van der Waals surface area contributed by atoms with Gasteiger partial charge >= 0.3 is 0 Å². The summed E-state index contributed by atoms with van der Waals surface area (Å²) in [5, 5.41) is 11.7. The molecule has 2 heterocycles. The van der Waals surface area contributed by atoms with E-state index in [0.29, 0.717) is 5.33 Å². The second kappa shape index (κ2) is 4.25. The van der Waals surface area contributed by atoms with E-state index in [2.05, 4.69) is 32.0 Å². The second-order valence-electron chi connectivity index (χ2n) is 3.19. The highest BCUT2D eigenvalue weighted by atomic mass is 79.9. The van der Waals surface area contributed by atoms with Gasteiger partial charge in [0.05, 0.1) is 27.9 Å². The minimum atomic E-state index is -0.200. The molecule has 1 unspecified atom stereocenters. The SMILES string of the molecule is Cc1csc2c(C(C#N)CBr)ncnc12.